The van der Waals surface area contributed by atoms with Gasteiger partial charge >= 0.3 is 5.97 Å². The normalized spacial score (nSPS) is 11.3. The summed E-state index contributed by atoms with van der Waals surface area (Å²) in [5, 5.41) is 13.2. The number of aromatic nitrogens is 1. The highest BCUT2D eigenvalue weighted by molar-refractivity contribution is 5.95. The minimum absolute atomic E-state index is 0.335. The summed E-state index contributed by atoms with van der Waals surface area (Å²) in [6.07, 6.45) is 2.09. The van der Waals surface area contributed by atoms with Gasteiger partial charge in [0.05, 0.1) is 5.56 Å². The quantitative estimate of drug-likeness (QED) is 0.872. The number of carboxylic acids is 1. The number of nitrogens with one attached hydrogen (secondary N) is 1. The number of benzene rings is 1. The minimum atomic E-state index is -0.885. The zero-order chi connectivity index (χ0) is 13.3. The van der Waals surface area contributed by atoms with E-state index in [1.165, 1.54) is 0 Å². The van der Waals surface area contributed by atoms with Gasteiger partial charge in [0, 0.05) is 29.7 Å². The van der Waals surface area contributed by atoms with Crippen molar-refractivity contribution in [1.29, 1.82) is 0 Å². The molecule has 2 rings (SSSR count). The zero-order valence-corrected chi connectivity index (χ0v) is 10.9. The number of fused-ring (bicyclic) bond motifs is 1. The summed E-state index contributed by atoms with van der Waals surface area (Å²) in [4.78, 5) is 11.0. The third kappa shape index (κ3) is 2.11. The van der Waals surface area contributed by atoms with Crippen molar-refractivity contribution < 1.29 is 9.90 Å². The largest absolute Gasteiger partial charge is 0.478 e. The molecule has 18 heavy (non-hydrogen) atoms. The van der Waals surface area contributed by atoms with E-state index in [1.54, 1.807) is 12.1 Å². The summed E-state index contributed by atoms with van der Waals surface area (Å²) in [7, 11) is 1.89. The molecule has 1 heterocycles. The third-order valence-corrected chi connectivity index (χ3v) is 3.09. The molecule has 1 aromatic carbocycles. The molecule has 2 aromatic rings. The average molecular weight is 246 g/mol. The average Bonchev–Trinajstić information content (AvgIpc) is 2.68. The first-order chi connectivity index (χ1) is 8.54. The predicted molar refractivity (Wildman–Crippen MR) is 72.0 cm³/mol. The van der Waals surface area contributed by atoms with Gasteiger partial charge < -0.3 is 15.0 Å². The Morgan fingerprint density at radius 2 is 2.17 bits per heavy atom. The number of aromatic carboxylic acids is 1. The van der Waals surface area contributed by atoms with Gasteiger partial charge in [0.1, 0.15) is 0 Å². The van der Waals surface area contributed by atoms with Crippen LogP contribution in [0.2, 0.25) is 0 Å². The van der Waals surface area contributed by atoms with Crippen LogP contribution in [0, 0.1) is 0 Å². The second kappa shape index (κ2) is 4.82. The maximum atomic E-state index is 11.0. The SMILES string of the molecule is CNCc1cn(C(C)C)c2ccc(C(=O)O)cc12. The second-order valence-electron chi connectivity index (χ2n) is 4.72. The van der Waals surface area contributed by atoms with E-state index >= 15 is 0 Å². The van der Waals surface area contributed by atoms with Crippen LogP contribution in [0.4, 0.5) is 0 Å². The molecule has 0 bridgehead atoms. The van der Waals surface area contributed by atoms with Gasteiger partial charge in [-0.05, 0) is 44.7 Å². The summed E-state index contributed by atoms with van der Waals surface area (Å²) >= 11 is 0. The first-order valence-corrected chi connectivity index (χ1v) is 6.06. The molecule has 0 aliphatic heterocycles. The highest BCUT2D eigenvalue weighted by atomic mass is 16.4. The van der Waals surface area contributed by atoms with E-state index in [0.717, 1.165) is 23.0 Å². The van der Waals surface area contributed by atoms with Gasteiger partial charge in [-0.2, -0.15) is 0 Å². The maximum absolute atomic E-state index is 11.0. The van der Waals surface area contributed by atoms with Crippen molar-refractivity contribution >= 4 is 16.9 Å². The molecule has 0 saturated heterocycles. The number of carbonyl (C=O) groups is 1. The van der Waals surface area contributed by atoms with E-state index in [2.05, 4.69) is 29.9 Å². The molecule has 0 saturated carbocycles. The molecule has 2 N–H and O–H groups in total. The molecule has 0 aliphatic carbocycles. The van der Waals surface area contributed by atoms with Crippen molar-refractivity contribution in [3.8, 4) is 0 Å². The molecule has 0 fully saturated rings. The molecule has 0 unspecified atom stereocenters. The molecule has 0 amide bonds. The van der Waals surface area contributed by atoms with Crippen molar-refractivity contribution in [2.75, 3.05) is 7.05 Å². The van der Waals surface area contributed by atoms with Gasteiger partial charge in [-0.15, -0.1) is 0 Å². The highest BCUT2D eigenvalue weighted by Gasteiger charge is 2.12. The van der Waals surface area contributed by atoms with Crippen molar-refractivity contribution in [1.82, 2.24) is 9.88 Å². The van der Waals surface area contributed by atoms with Gasteiger partial charge in [-0.25, -0.2) is 4.79 Å². The second-order valence-corrected chi connectivity index (χ2v) is 4.72. The van der Waals surface area contributed by atoms with Crippen LogP contribution in [0.5, 0.6) is 0 Å². The van der Waals surface area contributed by atoms with E-state index in [1.807, 2.05) is 13.1 Å². The van der Waals surface area contributed by atoms with Crippen molar-refractivity contribution in [2.45, 2.75) is 26.4 Å². The standard InChI is InChI=1S/C14H18N2O2/c1-9(2)16-8-11(7-15-3)12-6-10(14(17)18)4-5-13(12)16/h4-6,8-9,15H,7H2,1-3H3,(H,17,18). The Bertz CT molecular complexity index is 585. The number of hydrogen-bond acceptors (Lipinski definition) is 2. The fraction of sp³-hybridized carbons (Fsp3) is 0.357. The lowest BCUT2D eigenvalue weighted by atomic mass is 10.1. The fourth-order valence-electron chi connectivity index (χ4n) is 2.22. The Kier molecular flexibility index (Phi) is 3.39. The smallest absolute Gasteiger partial charge is 0.335 e. The van der Waals surface area contributed by atoms with Gasteiger partial charge in [-0.1, -0.05) is 0 Å². The Morgan fingerprint density at radius 1 is 1.44 bits per heavy atom. The lowest BCUT2D eigenvalue weighted by Crippen LogP contribution is -2.04. The summed E-state index contributed by atoms with van der Waals surface area (Å²) in [5.41, 5.74) is 2.55. The maximum Gasteiger partial charge on any atom is 0.335 e. The number of carboxylic acid groups (broad SMARTS) is 1. The van der Waals surface area contributed by atoms with Crippen LogP contribution in [0.15, 0.2) is 24.4 Å². The van der Waals surface area contributed by atoms with E-state index in [-0.39, 0.29) is 0 Å². The molecule has 0 aliphatic rings. The first-order valence-electron chi connectivity index (χ1n) is 6.06. The summed E-state index contributed by atoms with van der Waals surface area (Å²) in [6.45, 7) is 4.97. The van der Waals surface area contributed by atoms with E-state index < -0.39 is 5.97 Å². The lowest BCUT2D eigenvalue weighted by Gasteiger charge is -2.08. The monoisotopic (exact) mass is 246 g/mol. The Morgan fingerprint density at radius 3 is 2.72 bits per heavy atom. The summed E-state index contributed by atoms with van der Waals surface area (Å²) in [6, 6.07) is 5.65. The first kappa shape index (κ1) is 12.6. The van der Waals surface area contributed by atoms with Crippen LogP contribution in [-0.4, -0.2) is 22.7 Å². The van der Waals surface area contributed by atoms with Crippen molar-refractivity contribution in [2.24, 2.45) is 0 Å². The Hall–Kier alpha value is -1.81. The molecule has 96 valence electrons. The molecule has 4 nitrogen and oxygen atoms in total. The van der Waals surface area contributed by atoms with Crippen LogP contribution in [-0.2, 0) is 6.54 Å². The molecular formula is C14H18N2O2. The van der Waals surface area contributed by atoms with Crippen molar-refractivity contribution in [3.05, 3.63) is 35.5 Å². The lowest BCUT2D eigenvalue weighted by molar-refractivity contribution is 0.0697. The van der Waals surface area contributed by atoms with Gasteiger partial charge in [0.2, 0.25) is 0 Å². The molecule has 4 heteroatoms. The number of nitrogens with zero attached hydrogens (tertiary/aromatic N) is 1. The number of rotatable bonds is 4. The third-order valence-electron chi connectivity index (χ3n) is 3.09. The molecule has 0 atom stereocenters. The van der Waals surface area contributed by atoms with Crippen molar-refractivity contribution in [3.63, 3.8) is 0 Å². The van der Waals surface area contributed by atoms with Crippen LogP contribution in [0.1, 0.15) is 35.8 Å². The topological polar surface area (TPSA) is 54.3 Å². The zero-order valence-electron chi connectivity index (χ0n) is 10.9. The Labute approximate surface area is 106 Å². The minimum Gasteiger partial charge on any atom is -0.478 e. The predicted octanol–water partition coefficient (Wildman–Crippen LogP) is 2.64. The molecule has 0 radical (unpaired) electrons. The van der Waals surface area contributed by atoms with Gasteiger partial charge in [-0.3, -0.25) is 0 Å². The molecule has 0 spiro atoms. The summed E-state index contributed by atoms with van der Waals surface area (Å²) in [5.74, 6) is -0.885. The van der Waals surface area contributed by atoms with E-state index in [0.29, 0.717) is 11.6 Å². The molecular weight excluding hydrogens is 228 g/mol. The molecule has 1 aromatic heterocycles. The van der Waals surface area contributed by atoms with Gasteiger partial charge in [0.25, 0.3) is 0 Å². The fourth-order valence-corrected chi connectivity index (χ4v) is 2.22. The van der Waals surface area contributed by atoms with E-state index in [9.17, 15) is 4.79 Å². The van der Waals surface area contributed by atoms with Crippen LogP contribution >= 0.6 is 0 Å². The Balaban J connectivity index is 2.67. The highest BCUT2D eigenvalue weighted by Crippen LogP contribution is 2.26. The number of hydrogen-bond donors (Lipinski definition) is 2. The van der Waals surface area contributed by atoms with Crippen LogP contribution in [0.25, 0.3) is 10.9 Å². The van der Waals surface area contributed by atoms with Crippen LogP contribution < -0.4 is 5.32 Å². The summed E-state index contributed by atoms with van der Waals surface area (Å²) < 4.78 is 2.17. The van der Waals surface area contributed by atoms with Gasteiger partial charge in [0.15, 0.2) is 0 Å². The van der Waals surface area contributed by atoms with E-state index in [4.69, 9.17) is 5.11 Å². The van der Waals surface area contributed by atoms with Crippen LogP contribution in [0.3, 0.4) is 0 Å².